The molecule has 112 valence electrons. The number of ether oxygens (including phenoxy) is 1. The van der Waals surface area contributed by atoms with E-state index in [1.165, 1.54) is 12.8 Å². The van der Waals surface area contributed by atoms with Crippen molar-refractivity contribution in [3.63, 3.8) is 0 Å². The van der Waals surface area contributed by atoms with E-state index in [4.69, 9.17) is 4.74 Å². The van der Waals surface area contributed by atoms with Crippen LogP contribution in [0.25, 0.3) is 0 Å². The number of aliphatic carboxylic acids is 1. The Bertz CT molecular complexity index is 286. The highest BCUT2D eigenvalue weighted by atomic mass is 16.5. The van der Waals surface area contributed by atoms with Gasteiger partial charge in [-0.25, -0.2) is 0 Å². The van der Waals surface area contributed by atoms with Gasteiger partial charge in [0.1, 0.15) is 0 Å². The quantitative estimate of drug-likeness (QED) is 0.757. The smallest absolute Gasteiger partial charge is 0.306 e. The minimum Gasteiger partial charge on any atom is -0.481 e. The molecule has 0 amide bonds. The molecule has 0 aliphatic heterocycles. The Morgan fingerprint density at radius 3 is 2.53 bits per heavy atom. The monoisotopic (exact) mass is 270 g/mol. The van der Waals surface area contributed by atoms with Crippen LogP contribution in [0.1, 0.15) is 65.7 Å². The van der Waals surface area contributed by atoms with E-state index < -0.39 is 5.97 Å². The molecular formula is C16H30O3. The lowest BCUT2D eigenvalue weighted by molar-refractivity contribution is -0.145. The van der Waals surface area contributed by atoms with Crippen LogP contribution in [-0.4, -0.2) is 23.8 Å². The van der Waals surface area contributed by atoms with Gasteiger partial charge in [0.15, 0.2) is 0 Å². The molecule has 1 aliphatic rings. The summed E-state index contributed by atoms with van der Waals surface area (Å²) in [6.45, 7) is 6.37. The summed E-state index contributed by atoms with van der Waals surface area (Å²) in [5, 5.41) is 9.38. The van der Waals surface area contributed by atoms with E-state index in [0.29, 0.717) is 5.92 Å². The predicted octanol–water partition coefficient (Wildman–Crippen LogP) is 4.11. The number of methoxy groups -OCH3 is 1. The lowest BCUT2D eigenvalue weighted by Gasteiger charge is -2.35. The molecule has 0 spiro atoms. The maximum atomic E-state index is 11.4. The second kappa shape index (κ2) is 7.28. The van der Waals surface area contributed by atoms with Crippen LogP contribution < -0.4 is 0 Å². The number of carbonyl (C=O) groups is 1. The summed E-state index contributed by atoms with van der Waals surface area (Å²) >= 11 is 0. The summed E-state index contributed by atoms with van der Waals surface area (Å²) in [6, 6.07) is 0. The first-order chi connectivity index (χ1) is 8.89. The largest absolute Gasteiger partial charge is 0.481 e. The minimum absolute atomic E-state index is 0.138. The van der Waals surface area contributed by atoms with E-state index in [1.54, 1.807) is 7.11 Å². The lowest BCUT2D eigenvalue weighted by Crippen LogP contribution is -2.33. The number of hydrogen-bond acceptors (Lipinski definition) is 2. The molecule has 0 saturated heterocycles. The van der Waals surface area contributed by atoms with Gasteiger partial charge in [-0.1, -0.05) is 19.8 Å². The van der Waals surface area contributed by atoms with Crippen molar-refractivity contribution in [3.05, 3.63) is 0 Å². The molecule has 1 aliphatic carbocycles. The highest BCUT2D eigenvalue weighted by Gasteiger charge is 2.35. The molecule has 19 heavy (non-hydrogen) atoms. The van der Waals surface area contributed by atoms with E-state index in [0.717, 1.165) is 38.0 Å². The molecule has 3 atom stereocenters. The number of carboxylic acid groups (broad SMARTS) is 1. The van der Waals surface area contributed by atoms with Gasteiger partial charge < -0.3 is 9.84 Å². The molecule has 3 nitrogen and oxygen atoms in total. The molecule has 1 rings (SSSR count). The van der Waals surface area contributed by atoms with Crippen molar-refractivity contribution in [2.75, 3.05) is 7.11 Å². The number of carboxylic acids is 1. The summed E-state index contributed by atoms with van der Waals surface area (Å²) in [4.78, 5) is 11.4. The zero-order chi connectivity index (χ0) is 14.5. The first kappa shape index (κ1) is 16.5. The topological polar surface area (TPSA) is 46.5 Å². The van der Waals surface area contributed by atoms with Gasteiger partial charge in [0.25, 0.3) is 0 Å². The second-order valence-corrected chi connectivity index (χ2v) is 6.68. The van der Waals surface area contributed by atoms with E-state index in [9.17, 15) is 9.90 Å². The minimum atomic E-state index is -0.602. The van der Waals surface area contributed by atoms with Gasteiger partial charge in [0, 0.05) is 7.11 Å². The third-order valence-electron chi connectivity index (χ3n) is 4.77. The predicted molar refractivity (Wildman–Crippen MR) is 77.2 cm³/mol. The Morgan fingerprint density at radius 1 is 1.32 bits per heavy atom. The standard InChI is InChI=1S/C16H30O3/c1-5-6-12-7-8-14(15(17)18)13(11-12)9-10-16(2,3)19-4/h12-14H,5-11H2,1-4H3,(H,17,18). The van der Waals surface area contributed by atoms with Crippen LogP contribution in [0, 0.1) is 17.8 Å². The SMILES string of the molecule is CCCC1CCC(C(=O)O)C(CCC(C)(C)OC)C1. The molecule has 0 bridgehead atoms. The van der Waals surface area contributed by atoms with Gasteiger partial charge >= 0.3 is 5.97 Å². The van der Waals surface area contributed by atoms with E-state index in [2.05, 4.69) is 20.8 Å². The first-order valence-electron chi connectivity index (χ1n) is 7.67. The fraction of sp³-hybridized carbons (Fsp3) is 0.938. The molecule has 3 heteroatoms. The molecule has 3 unspecified atom stereocenters. The van der Waals surface area contributed by atoms with Crippen LogP contribution in [0.15, 0.2) is 0 Å². The van der Waals surface area contributed by atoms with Crippen LogP contribution in [0.2, 0.25) is 0 Å². The highest BCUT2D eigenvalue weighted by Crippen LogP contribution is 2.39. The third kappa shape index (κ3) is 5.13. The molecule has 0 heterocycles. The Labute approximate surface area is 117 Å². The van der Waals surface area contributed by atoms with Gasteiger partial charge in [-0.15, -0.1) is 0 Å². The zero-order valence-corrected chi connectivity index (χ0v) is 12.9. The van der Waals surface area contributed by atoms with Gasteiger partial charge in [0.05, 0.1) is 11.5 Å². The van der Waals surface area contributed by atoms with E-state index >= 15 is 0 Å². The lowest BCUT2D eigenvalue weighted by atomic mass is 9.70. The molecule has 0 aromatic heterocycles. The third-order valence-corrected chi connectivity index (χ3v) is 4.77. The van der Waals surface area contributed by atoms with Crippen LogP contribution in [0.5, 0.6) is 0 Å². The Morgan fingerprint density at radius 2 is 2.00 bits per heavy atom. The molecular weight excluding hydrogens is 240 g/mol. The average molecular weight is 270 g/mol. The number of hydrogen-bond donors (Lipinski definition) is 1. The van der Waals surface area contributed by atoms with E-state index in [-0.39, 0.29) is 11.5 Å². The summed E-state index contributed by atoms with van der Waals surface area (Å²) in [5.74, 6) is 0.324. The van der Waals surface area contributed by atoms with Crippen LogP contribution in [0.3, 0.4) is 0 Å². The van der Waals surface area contributed by atoms with Crippen molar-refractivity contribution in [1.29, 1.82) is 0 Å². The fourth-order valence-corrected chi connectivity index (χ4v) is 3.31. The molecule has 0 radical (unpaired) electrons. The Kier molecular flexibility index (Phi) is 6.31. The summed E-state index contributed by atoms with van der Waals surface area (Å²) < 4.78 is 5.45. The van der Waals surface area contributed by atoms with E-state index in [1.807, 2.05) is 0 Å². The summed E-state index contributed by atoms with van der Waals surface area (Å²) in [7, 11) is 1.73. The normalized spacial score (nSPS) is 28.3. The van der Waals surface area contributed by atoms with Crippen LogP contribution >= 0.6 is 0 Å². The Hall–Kier alpha value is -0.570. The molecule has 1 saturated carbocycles. The van der Waals surface area contributed by atoms with Gasteiger partial charge in [-0.05, 0) is 57.8 Å². The van der Waals surface area contributed by atoms with Gasteiger partial charge in [-0.3, -0.25) is 4.79 Å². The summed E-state index contributed by atoms with van der Waals surface area (Å²) in [5.41, 5.74) is -0.138. The zero-order valence-electron chi connectivity index (χ0n) is 12.9. The van der Waals surface area contributed by atoms with Crippen LogP contribution in [-0.2, 0) is 9.53 Å². The number of rotatable bonds is 7. The van der Waals surface area contributed by atoms with Crippen molar-refractivity contribution in [2.24, 2.45) is 17.8 Å². The first-order valence-corrected chi connectivity index (χ1v) is 7.67. The van der Waals surface area contributed by atoms with Gasteiger partial charge in [-0.2, -0.15) is 0 Å². The van der Waals surface area contributed by atoms with Gasteiger partial charge in [0.2, 0.25) is 0 Å². The molecule has 1 N–H and O–H groups in total. The van der Waals surface area contributed by atoms with Crippen molar-refractivity contribution in [2.45, 2.75) is 71.3 Å². The average Bonchev–Trinajstić information content (AvgIpc) is 2.37. The van der Waals surface area contributed by atoms with Crippen LogP contribution in [0.4, 0.5) is 0 Å². The maximum absolute atomic E-state index is 11.4. The van der Waals surface area contributed by atoms with Crippen molar-refractivity contribution < 1.29 is 14.6 Å². The molecule has 1 fully saturated rings. The van der Waals surface area contributed by atoms with Crippen molar-refractivity contribution >= 4 is 5.97 Å². The molecule has 0 aromatic rings. The van der Waals surface area contributed by atoms with Crippen molar-refractivity contribution in [3.8, 4) is 0 Å². The summed E-state index contributed by atoms with van der Waals surface area (Å²) in [6.07, 6.45) is 7.40. The second-order valence-electron chi connectivity index (χ2n) is 6.68. The maximum Gasteiger partial charge on any atom is 0.306 e. The fourth-order valence-electron chi connectivity index (χ4n) is 3.31. The van der Waals surface area contributed by atoms with Crippen molar-refractivity contribution in [1.82, 2.24) is 0 Å². The molecule has 0 aromatic carbocycles. The Balaban J connectivity index is 2.59. The highest BCUT2D eigenvalue weighted by molar-refractivity contribution is 5.70.